The van der Waals surface area contributed by atoms with E-state index in [2.05, 4.69) is 15.2 Å². The van der Waals surface area contributed by atoms with Crippen molar-refractivity contribution in [1.82, 2.24) is 9.88 Å². The van der Waals surface area contributed by atoms with Gasteiger partial charge in [0.25, 0.3) is 0 Å². The number of H-pyrrole nitrogens is 1. The van der Waals surface area contributed by atoms with Crippen molar-refractivity contribution >= 4 is 33.9 Å². The number of hydrogen-bond donors (Lipinski definition) is 3. The third-order valence-corrected chi connectivity index (χ3v) is 5.83. The highest BCUT2D eigenvalue weighted by atomic mass is 16.5. The van der Waals surface area contributed by atoms with Gasteiger partial charge in [-0.3, -0.25) is 9.69 Å². The second-order valence-corrected chi connectivity index (χ2v) is 8.20. The van der Waals surface area contributed by atoms with Crippen molar-refractivity contribution < 1.29 is 14.6 Å². The molecule has 5 rings (SSSR count). The minimum Gasteiger partial charge on any atom is -0.494 e. The molecule has 1 fully saturated rings. The van der Waals surface area contributed by atoms with Crippen LogP contribution in [0.5, 0.6) is 5.88 Å². The van der Waals surface area contributed by atoms with Gasteiger partial charge in [-0.05, 0) is 30.3 Å². The van der Waals surface area contributed by atoms with Crippen LogP contribution in [0.4, 0.5) is 11.4 Å². The first-order valence-corrected chi connectivity index (χ1v) is 11.3. The fourth-order valence-corrected chi connectivity index (χ4v) is 4.14. The molecule has 0 saturated carbocycles. The molecule has 1 aromatic heterocycles. The van der Waals surface area contributed by atoms with E-state index < -0.39 is 0 Å². The number of aromatic amines is 1. The second-order valence-electron chi connectivity index (χ2n) is 8.20. The summed E-state index contributed by atoms with van der Waals surface area (Å²) in [7, 11) is 0. The largest absolute Gasteiger partial charge is 0.494 e. The number of benzene rings is 3. The van der Waals surface area contributed by atoms with Gasteiger partial charge in [-0.1, -0.05) is 48.5 Å². The number of aliphatic imine (C=N–C) groups is 1. The maximum atomic E-state index is 12.4. The SMILES string of the molecule is O=C(CN1CCOCC1)Nc1ccc(N=C(c2ccccc2)c2c(O)[nH]c3ccccc23)cc1. The predicted octanol–water partition coefficient (Wildman–Crippen LogP) is 4.31. The predicted molar refractivity (Wildman–Crippen MR) is 134 cm³/mol. The Morgan fingerprint density at radius 3 is 2.44 bits per heavy atom. The lowest BCUT2D eigenvalue weighted by atomic mass is 10.0. The Labute approximate surface area is 197 Å². The van der Waals surface area contributed by atoms with Crippen molar-refractivity contribution in [1.29, 1.82) is 0 Å². The maximum absolute atomic E-state index is 12.4. The molecule has 0 radical (unpaired) electrons. The number of carbonyl (C=O) groups is 1. The smallest absolute Gasteiger partial charge is 0.238 e. The van der Waals surface area contributed by atoms with Gasteiger partial charge in [0, 0.05) is 35.2 Å². The molecule has 3 N–H and O–H groups in total. The first kappa shape index (κ1) is 21.9. The molecule has 7 heteroatoms. The third kappa shape index (κ3) is 4.85. The highest BCUT2D eigenvalue weighted by Crippen LogP contribution is 2.31. The first-order valence-electron chi connectivity index (χ1n) is 11.3. The molecular formula is C27H26N4O3. The molecule has 3 aromatic carbocycles. The molecule has 0 aliphatic carbocycles. The molecule has 7 nitrogen and oxygen atoms in total. The van der Waals surface area contributed by atoms with Crippen LogP contribution in [0.3, 0.4) is 0 Å². The van der Waals surface area contributed by atoms with E-state index in [1.165, 1.54) is 0 Å². The summed E-state index contributed by atoms with van der Waals surface area (Å²) in [6.45, 7) is 3.21. The van der Waals surface area contributed by atoms with Gasteiger partial charge < -0.3 is 20.1 Å². The number of rotatable bonds is 6. The number of aromatic nitrogens is 1. The van der Waals surface area contributed by atoms with Crippen LogP contribution in [0, 0.1) is 0 Å². The molecule has 1 amide bonds. The summed E-state index contributed by atoms with van der Waals surface area (Å²) in [5.74, 6) is 0.0302. The number of carbonyl (C=O) groups excluding carboxylic acids is 1. The van der Waals surface area contributed by atoms with Crippen molar-refractivity contribution in [2.24, 2.45) is 4.99 Å². The highest BCUT2D eigenvalue weighted by molar-refractivity contribution is 6.21. The summed E-state index contributed by atoms with van der Waals surface area (Å²) in [6, 6.07) is 24.9. The van der Waals surface area contributed by atoms with Gasteiger partial charge in [0.15, 0.2) is 5.88 Å². The molecular weight excluding hydrogens is 428 g/mol. The number of ether oxygens (including phenoxy) is 1. The van der Waals surface area contributed by atoms with E-state index in [0.29, 0.717) is 36.7 Å². The van der Waals surface area contributed by atoms with Gasteiger partial charge in [-0.2, -0.15) is 0 Å². The fourth-order valence-electron chi connectivity index (χ4n) is 4.14. The Morgan fingerprint density at radius 2 is 1.68 bits per heavy atom. The van der Waals surface area contributed by atoms with Crippen LogP contribution in [0.25, 0.3) is 10.9 Å². The van der Waals surface area contributed by atoms with Crippen LogP contribution < -0.4 is 5.32 Å². The van der Waals surface area contributed by atoms with Crippen molar-refractivity contribution in [3.8, 4) is 5.88 Å². The number of morpholine rings is 1. The summed E-state index contributed by atoms with van der Waals surface area (Å²) < 4.78 is 5.33. The summed E-state index contributed by atoms with van der Waals surface area (Å²) in [5, 5.41) is 14.6. The first-order chi connectivity index (χ1) is 16.7. The van der Waals surface area contributed by atoms with E-state index >= 15 is 0 Å². The standard InChI is InChI=1S/C27H26N4O3/c32-24(18-31-14-16-34-17-15-31)28-20-10-12-21(13-11-20)29-26(19-6-2-1-3-7-19)25-22-8-4-5-9-23(22)30-27(25)33/h1-13,30,33H,14-18H2,(H,28,32). The van der Waals surface area contributed by atoms with Gasteiger partial charge >= 0.3 is 0 Å². The Morgan fingerprint density at radius 1 is 0.971 bits per heavy atom. The number of fused-ring (bicyclic) bond motifs is 1. The summed E-state index contributed by atoms with van der Waals surface area (Å²) >= 11 is 0. The van der Waals surface area contributed by atoms with Crippen molar-refractivity contribution in [2.45, 2.75) is 0 Å². The van der Waals surface area contributed by atoms with Crippen LogP contribution in [-0.2, 0) is 9.53 Å². The van der Waals surface area contributed by atoms with E-state index in [1.807, 2.05) is 78.9 Å². The Hall–Kier alpha value is -3.94. The van der Waals surface area contributed by atoms with Crippen LogP contribution in [0.1, 0.15) is 11.1 Å². The van der Waals surface area contributed by atoms with Crippen molar-refractivity contribution in [2.75, 3.05) is 38.2 Å². The van der Waals surface area contributed by atoms with Crippen LogP contribution in [0.2, 0.25) is 0 Å². The lowest BCUT2D eigenvalue weighted by molar-refractivity contribution is -0.118. The zero-order valence-corrected chi connectivity index (χ0v) is 18.7. The molecule has 1 aliphatic heterocycles. The lowest BCUT2D eigenvalue weighted by Gasteiger charge is -2.25. The molecule has 2 heterocycles. The van der Waals surface area contributed by atoms with Gasteiger partial charge in [0.2, 0.25) is 5.91 Å². The van der Waals surface area contributed by atoms with Gasteiger partial charge in [-0.15, -0.1) is 0 Å². The summed E-state index contributed by atoms with van der Waals surface area (Å²) in [6.07, 6.45) is 0. The van der Waals surface area contributed by atoms with E-state index in [-0.39, 0.29) is 11.8 Å². The summed E-state index contributed by atoms with van der Waals surface area (Å²) in [5.41, 5.74) is 4.50. The number of nitrogens with one attached hydrogen (secondary N) is 2. The van der Waals surface area contributed by atoms with Crippen molar-refractivity contribution in [3.63, 3.8) is 0 Å². The van der Waals surface area contributed by atoms with E-state index in [1.54, 1.807) is 0 Å². The number of amides is 1. The molecule has 1 saturated heterocycles. The number of aromatic hydroxyl groups is 1. The number of para-hydroxylation sites is 1. The normalized spacial score (nSPS) is 14.9. The topological polar surface area (TPSA) is 89.9 Å². The van der Waals surface area contributed by atoms with E-state index in [4.69, 9.17) is 9.73 Å². The molecule has 4 aromatic rings. The fraction of sp³-hybridized carbons (Fsp3) is 0.185. The monoisotopic (exact) mass is 454 g/mol. The number of nitrogens with zero attached hydrogens (tertiary/aromatic N) is 2. The minimum atomic E-state index is -0.0492. The quantitative estimate of drug-likeness (QED) is 0.379. The summed E-state index contributed by atoms with van der Waals surface area (Å²) in [4.78, 5) is 22.4. The molecule has 0 spiro atoms. The zero-order valence-electron chi connectivity index (χ0n) is 18.7. The lowest BCUT2D eigenvalue weighted by Crippen LogP contribution is -2.41. The third-order valence-electron chi connectivity index (χ3n) is 5.83. The highest BCUT2D eigenvalue weighted by Gasteiger charge is 2.18. The molecule has 172 valence electrons. The van der Waals surface area contributed by atoms with Gasteiger partial charge in [0.05, 0.1) is 36.7 Å². The Balaban J connectivity index is 1.42. The number of hydrogen-bond acceptors (Lipinski definition) is 5. The maximum Gasteiger partial charge on any atom is 0.238 e. The minimum absolute atomic E-state index is 0.0492. The van der Waals surface area contributed by atoms with E-state index in [9.17, 15) is 9.90 Å². The average molecular weight is 455 g/mol. The molecule has 1 aliphatic rings. The average Bonchev–Trinajstić information content (AvgIpc) is 3.20. The molecule has 0 bridgehead atoms. The second kappa shape index (κ2) is 9.91. The molecule has 0 unspecified atom stereocenters. The van der Waals surface area contributed by atoms with E-state index in [0.717, 1.165) is 35.2 Å². The van der Waals surface area contributed by atoms with Crippen LogP contribution >= 0.6 is 0 Å². The molecule has 34 heavy (non-hydrogen) atoms. The number of anilines is 1. The Bertz CT molecular complexity index is 1310. The van der Waals surface area contributed by atoms with Crippen molar-refractivity contribution in [3.05, 3.63) is 90.0 Å². The van der Waals surface area contributed by atoms with Crippen LogP contribution in [0.15, 0.2) is 83.9 Å². The van der Waals surface area contributed by atoms with Gasteiger partial charge in [0.1, 0.15) is 0 Å². The molecule has 0 atom stereocenters. The Kier molecular flexibility index (Phi) is 6.38. The van der Waals surface area contributed by atoms with Crippen LogP contribution in [-0.4, -0.2) is 59.5 Å². The van der Waals surface area contributed by atoms with Gasteiger partial charge in [-0.25, -0.2) is 4.99 Å². The zero-order chi connectivity index (χ0) is 23.3.